The summed E-state index contributed by atoms with van der Waals surface area (Å²) < 4.78 is 4.82. The first-order valence-corrected chi connectivity index (χ1v) is 5.18. The SMILES string of the molecule is CCOC(=O)c1ccc(N=NC(C#N)C#N)cc1. The van der Waals surface area contributed by atoms with E-state index in [0.29, 0.717) is 17.9 Å². The summed E-state index contributed by atoms with van der Waals surface area (Å²) in [6.45, 7) is 2.04. The summed E-state index contributed by atoms with van der Waals surface area (Å²) in [5, 5.41) is 24.2. The largest absolute Gasteiger partial charge is 0.462 e. The summed E-state index contributed by atoms with van der Waals surface area (Å²) in [5.41, 5.74) is 0.867. The van der Waals surface area contributed by atoms with Crippen molar-refractivity contribution in [2.75, 3.05) is 6.61 Å². The van der Waals surface area contributed by atoms with Gasteiger partial charge in [-0.1, -0.05) is 0 Å². The zero-order chi connectivity index (χ0) is 13.4. The Bertz CT molecular complexity index is 508. The van der Waals surface area contributed by atoms with Crippen molar-refractivity contribution in [2.45, 2.75) is 13.0 Å². The van der Waals surface area contributed by atoms with Crippen LogP contribution in [-0.4, -0.2) is 18.6 Å². The molecule has 0 aliphatic rings. The first kappa shape index (κ1) is 13.3. The van der Waals surface area contributed by atoms with E-state index in [0.717, 1.165) is 0 Å². The van der Waals surface area contributed by atoms with Gasteiger partial charge in [0.1, 0.15) is 12.1 Å². The summed E-state index contributed by atoms with van der Waals surface area (Å²) in [6, 6.07) is 8.43. The average Bonchev–Trinajstić information content (AvgIpc) is 2.41. The number of hydrogen-bond donors (Lipinski definition) is 0. The van der Waals surface area contributed by atoms with Crippen LogP contribution in [0, 0.1) is 22.7 Å². The number of rotatable bonds is 4. The smallest absolute Gasteiger partial charge is 0.338 e. The Balaban J connectivity index is 2.76. The molecule has 90 valence electrons. The van der Waals surface area contributed by atoms with Crippen molar-refractivity contribution in [3.63, 3.8) is 0 Å². The molecule has 0 aliphatic carbocycles. The van der Waals surface area contributed by atoms with E-state index < -0.39 is 12.0 Å². The zero-order valence-corrected chi connectivity index (χ0v) is 9.70. The molecule has 1 aromatic rings. The highest BCUT2D eigenvalue weighted by molar-refractivity contribution is 5.89. The van der Waals surface area contributed by atoms with E-state index in [1.807, 2.05) is 0 Å². The highest BCUT2D eigenvalue weighted by Crippen LogP contribution is 2.14. The molecule has 18 heavy (non-hydrogen) atoms. The zero-order valence-electron chi connectivity index (χ0n) is 9.70. The van der Waals surface area contributed by atoms with Gasteiger partial charge in [-0.3, -0.25) is 0 Å². The number of azo groups is 1. The minimum Gasteiger partial charge on any atom is -0.462 e. The predicted molar refractivity (Wildman–Crippen MR) is 61.9 cm³/mol. The third-order valence-corrected chi connectivity index (χ3v) is 1.91. The molecule has 1 aromatic carbocycles. The molecule has 0 atom stereocenters. The fourth-order valence-electron chi connectivity index (χ4n) is 1.08. The van der Waals surface area contributed by atoms with E-state index in [2.05, 4.69) is 10.2 Å². The molecule has 0 spiro atoms. The molecular formula is C12H10N4O2. The van der Waals surface area contributed by atoms with Gasteiger partial charge in [-0.25, -0.2) is 4.79 Å². The van der Waals surface area contributed by atoms with Crippen LogP contribution in [0.25, 0.3) is 0 Å². The molecule has 0 saturated heterocycles. The normalized spacial score (nSPS) is 10.0. The third-order valence-electron chi connectivity index (χ3n) is 1.91. The molecule has 0 bridgehead atoms. The van der Waals surface area contributed by atoms with E-state index in [9.17, 15) is 4.79 Å². The number of nitrogens with zero attached hydrogens (tertiary/aromatic N) is 4. The molecule has 0 aromatic heterocycles. The van der Waals surface area contributed by atoms with E-state index in [4.69, 9.17) is 15.3 Å². The summed E-state index contributed by atoms with van der Waals surface area (Å²) in [6.07, 6.45) is 0. The van der Waals surface area contributed by atoms with Crippen LogP contribution >= 0.6 is 0 Å². The lowest BCUT2D eigenvalue weighted by Gasteiger charge is -2.01. The van der Waals surface area contributed by atoms with Crippen molar-refractivity contribution < 1.29 is 9.53 Å². The number of nitriles is 2. The van der Waals surface area contributed by atoms with Crippen LogP contribution < -0.4 is 0 Å². The fourth-order valence-corrected chi connectivity index (χ4v) is 1.08. The van der Waals surface area contributed by atoms with Gasteiger partial charge in [-0.2, -0.15) is 20.8 Å². The molecule has 6 nitrogen and oxygen atoms in total. The van der Waals surface area contributed by atoms with Crippen LogP contribution in [0.15, 0.2) is 34.5 Å². The van der Waals surface area contributed by atoms with Gasteiger partial charge < -0.3 is 4.74 Å². The van der Waals surface area contributed by atoms with Crippen molar-refractivity contribution in [3.05, 3.63) is 29.8 Å². The molecule has 0 aliphatic heterocycles. The van der Waals surface area contributed by atoms with Crippen molar-refractivity contribution >= 4 is 11.7 Å². The molecule has 6 heteroatoms. The first-order chi connectivity index (χ1) is 8.71. The Morgan fingerprint density at radius 3 is 2.44 bits per heavy atom. The van der Waals surface area contributed by atoms with Crippen molar-refractivity contribution in [1.29, 1.82) is 10.5 Å². The minimum atomic E-state index is -1.12. The van der Waals surface area contributed by atoms with E-state index >= 15 is 0 Å². The number of esters is 1. The van der Waals surface area contributed by atoms with Gasteiger partial charge >= 0.3 is 5.97 Å². The molecule has 0 fully saturated rings. The molecule has 0 N–H and O–H groups in total. The third kappa shape index (κ3) is 3.69. The van der Waals surface area contributed by atoms with Gasteiger partial charge in [0.15, 0.2) is 0 Å². The first-order valence-electron chi connectivity index (χ1n) is 5.18. The predicted octanol–water partition coefficient (Wildman–Crippen LogP) is 2.36. The molecule has 0 unspecified atom stereocenters. The Labute approximate surface area is 104 Å². The van der Waals surface area contributed by atoms with Gasteiger partial charge in [0.2, 0.25) is 6.04 Å². The summed E-state index contributed by atoms with van der Waals surface area (Å²) in [5.74, 6) is -0.409. The molecule has 0 amide bonds. The van der Waals surface area contributed by atoms with Crippen LogP contribution in [0.4, 0.5) is 5.69 Å². The summed E-state index contributed by atoms with van der Waals surface area (Å²) in [7, 11) is 0. The molecule has 0 heterocycles. The van der Waals surface area contributed by atoms with E-state index in [-0.39, 0.29) is 0 Å². The van der Waals surface area contributed by atoms with Gasteiger partial charge in [-0.05, 0) is 31.2 Å². The van der Waals surface area contributed by atoms with Gasteiger partial charge in [0.05, 0.1) is 17.9 Å². The monoisotopic (exact) mass is 242 g/mol. The number of carbonyl (C=O) groups excluding carboxylic acids is 1. The molecule has 0 radical (unpaired) electrons. The minimum absolute atomic E-state index is 0.312. The highest BCUT2D eigenvalue weighted by atomic mass is 16.5. The van der Waals surface area contributed by atoms with E-state index in [1.54, 1.807) is 43.3 Å². The maximum absolute atomic E-state index is 11.4. The van der Waals surface area contributed by atoms with Crippen LogP contribution in [0.2, 0.25) is 0 Å². The van der Waals surface area contributed by atoms with Crippen LogP contribution in [0.5, 0.6) is 0 Å². The Hall–Kier alpha value is -2.73. The quantitative estimate of drug-likeness (QED) is 0.597. The Kier molecular flexibility index (Phi) is 5.01. The Morgan fingerprint density at radius 1 is 1.33 bits per heavy atom. The maximum Gasteiger partial charge on any atom is 0.338 e. The lowest BCUT2D eigenvalue weighted by molar-refractivity contribution is 0.0526. The average molecular weight is 242 g/mol. The van der Waals surface area contributed by atoms with Gasteiger partial charge in [0.25, 0.3) is 0 Å². The number of benzene rings is 1. The Morgan fingerprint density at radius 2 is 1.94 bits per heavy atom. The van der Waals surface area contributed by atoms with Crippen molar-refractivity contribution in [2.24, 2.45) is 10.2 Å². The summed E-state index contributed by atoms with van der Waals surface area (Å²) in [4.78, 5) is 11.4. The standard InChI is InChI=1S/C12H10N4O2/c1-2-18-12(17)9-3-5-10(6-4-9)15-16-11(7-13)8-14/h3-6,11H,2H2,1H3. The lowest BCUT2D eigenvalue weighted by atomic mass is 10.2. The van der Waals surface area contributed by atoms with Gasteiger partial charge in [-0.15, -0.1) is 0 Å². The maximum atomic E-state index is 11.4. The van der Waals surface area contributed by atoms with Crippen LogP contribution in [-0.2, 0) is 4.74 Å². The number of hydrogen-bond acceptors (Lipinski definition) is 6. The second kappa shape index (κ2) is 6.77. The number of ether oxygens (including phenoxy) is 1. The number of carbonyl (C=O) groups is 1. The highest BCUT2D eigenvalue weighted by Gasteiger charge is 2.05. The molecule has 0 saturated carbocycles. The van der Waals surface area contributed by atoms with E-state index in [1.165, 1.54) is 0 Å². The topological polar surface area (TPSA) is 98.6 Å². The fraction of sp³-hybridized carbons (Fsp3) is 0.250. The van der Waals surface area contributed by atoms with Crippen LogP contribution in [0.3, 0.4) is 0 Å². The molecular weight excluding hydrogens is 232 g/mol. The van der Waals surface area contributed by atoms with Crippen molar-refractivity contribution in [3.8, 4) is 12.1 Å². The summed E-state index contributed by atoms with van der Waals surface area (Å²) >= 11 is 0. The second-order valence-electron chi connectivity index (χ2n) is 3.14. The van der Waals surface area contributed by atoms with Crippen LogP contribution in [0.1, 0.15) is 17.3 Å². The van der Waals surface area contributed by atoms with Gasteiger partial charge in [0, 0.05) is 0 Å². The van der Waals surface area contributed by atoms with Crippen molar-refractivity contribution in [1.82, 2.24) is 0 Å². The molecule has 1 rings (SSSR count). The second-order valence-corrected chi connectivity index (χ2v) is 3.14. The lowest BCUT2D eigenvalue weighted by Crippen LogP contribution is -2.03.